The molecule has 0 amide bonds. The third kappa shape index (κ3) is 2.62. The molecule has 2 aromatic carbocycles. The molecule has 0 aromatic heterocycles. The molecule has 0 radical (unpaired) electrons. The lowest BCUT2D eigenvalue weighted by Gasteiger charge is -2.12. The minimum Gasteiger partial charge on any atom is -0.497 e. The normalized spacial score (nSPS) is 11.4. The van der Waals surface area contributed by atoms with Gasteiger partial charge in [-0.25, -0.2) is 0 Å². The zero-order chi connectivity index (χ0) is 12.8. The van der Waals surface area contributed by atoms with Crippen LogP contribution in [0.25, 0.3) is 10.4 Å². The maximum Gasteiger partial charge on any atom is 0.119 e. The van der Waals surface area contributed by atoms with E-state index in [4.69, 9.17) is 10.3 Å². The van der Waals surface area contributed by atoms with E-state index in [0.29, 0.717) is 0 Å². The van der Waals surface area contributed by atoms with E-state index in [1.54, 1.807) is 7.11 Å². The number of ether oxygens (including phenoxy) is 1. The third-order valence-electron chi connectivity index (χ3n) is 2.69. The van der Waals surface area contributed by atoms with Gasteiger partial charge in [0.15, 0.2) is 0 Å². The second kappa shape index (κ2) is 5.75. The number of hydrogen-bond donors (Lipinski definition) is 0. The van der Waals surface area contributed by atoms with Crippen LogP contribution in [-0.4, -0.2) is 7.11 Å². The predicted octanol–water partition coefficient (Wildman–Crippen LogP) is 4.09. The maximum atomic E-state index is 8.71. The van der Waals surface area contributed by atoms with E-state index in [-0.39, 0.29) is 6.04 Å². The van der Waals surface area contributed by atoms with Crippen molar-refractivity contribution in [2.75, 3.05) is 7.11 Å². The highest BCUT2D eigenvalue weighted by atomic mass is 16.5. The highest BCUT2D eigenvalue weighted by Crippen LogP contribution is 2.28. The molecule has 2 aromatic rings. The fourth-order valence-electron chi connectivity index (χ4n) is 1.82. The SMILES string of the molecule is COc1cccc(C(N=[N+]=[N-])c2ccccc2)c1. The molecular weight excluding hydrogens is 226 g/mol. The standard InChI is InChI=1S/C14H13N3O/c1-18-13-9-5-8-12(10-13)14(16-17-15)11-6-3-2-4-7-11/h2-10,14H,1H3. The van der Waals surface area contributed by atoms with E-state index < -0.39 is 0 Å². The number of methoxy groups -OCH3 is 1. The Hall–Kier alpha value is -2.45. The zero-order valence-corrected chi connectivity index (χ0v) is 10.0. The van der Waals surface area contributed by atoms with Crippen LogP contribution in [0.4, 0.5) is 0 Å². The summed E-state index contributed by atoms with van der Waals surface area (Å²) in [6.45, 7) is 0. The molecule has 1 atom stereocenters. The first-order valence-corrected chi connectivity index (χ1v) is 5.58. The van der Waals surface area contributed by atoms with Gasteiger partial charge in [0.1, 0.15) is 5.75 Å². The second-order valence-corrected chi connectivity index (χ2v) is 3.79. The summed E-state index contributed by atoms with van der Waals surface area (Å²) in [4.78, 5) is 2.93. The molecule has 2 rings (SSSR count). The summed E-state index contributed by atoms with van der Waals surface area (Å²) >= 11 is 0. The summed E-state index contributed by atoms with van der Waals surface area (Å²) < 4.78 is 5.18. The lowest BCUT2D eigenvalue weighted by molar-refractivity contribution is 0.414. The monoisotopic (exact) mass is 239 g/mol. The van der Waals surface area contributed by atoms with E-state index in [2.05, 4.69) is 10.0 Å². The molecule has 0 aliphatic rings. The molecule has 4 heteroatoms. The molecule has 0 aliphatic heterocycles. The summed E-state index contributed by atoms with van der Waals surface area (Å²) in [6, 6.07) is 16.9. The van der Waals surface area contributed by atoms with E-state index in [1.165, 1.54) is 0 Å². The van der Waals surface area contributed by atoms with Crippen LogP contribution in [0.3, 0.4) is 0 Å². The van der Waals surface area contributed by atoms with Crippen molar-refractivity contribution in [3.63, 3.8) is 0 Å². The summed E-state index contributed by atoms with van der Waals surface area (Å²) in [5, 5.41) is 3.87. The van der Waals surface area contributed by atoms with E-state index in [0.717, 1.165) is 16.9 Å². The van der Waals surface area contributed by atoms with Crippen molar-refractivity contribution in [1.29, 1.82) is 0 Å². The van der Waals surface area contributed by atoms with Gasteiger partial charge < -0.3 is 4.74 Å². The Morgan fingerprint density at radius 1 is 1.06 bits per heavy atom. The van der Waals surface area contributed by atoms with Gasteiger partial charge in [-0.15, -0.1) is 0 Å². The van der Waals surface area contributed by atoms with Gasteiger partial charge in [0, 0.05) is 4.91 Å². The molecule has 0 aliphatic carbocycles. The van der Waals surface area contributed by atoms with Gasteiger partial charge in [0.2, 0.25) is 0 Å². The summed E-state index contributed by atoms with van der Waals surface area (Å²) in [6.07, 6.45) is 0. The van der Waals surface area contributed by atoms with Crippen molar-refractivity contribution in [3.05, 3.63) is 76.2 Å². The number of hydrogen-bond acceptors (Lipinski definition) is 2. The fourth-order valence-corrected chi connectivity index (χ4v) is 1.82. The van der Waals surface area contributed by atoms with Crippen molar-refractivity contribution >= 4 is 0 Å². The molecular formula is C14H13N3O. The first-order chi connectivity index (χ1) is 8.85. The smallest absolute Gasteiger partial charge is 0.119 e. The highest BCUT2D eigenvalue weighted by molar-refractivity contribution is 5.36. The number of azide groups is 1. The van der Waals surface area contributed by atoms with Gasteiger partial charge in [-0.3, -0.25) is 0 Å². The topological polar surface area (TPSA) is 58.0 Å². The zero-order valence-electron chi connectivity index (χ0n) is 10.0. The molecule has 4 nitrogen and oxygen atoms in total. The second-order valence-electron chi connectivity index (χ2n) is 3.79. The minimum absolute atomic E-state index is 0.328. The quantitative estimate of drug-likeness (QED) is 0.450. The fraction of sp³-hybridized carbons (Fsp3) is 0.143. The molecule has 0 fully saturated rings. The third-order valence-corrected chi connectivity index (χ3v) is 2.69. The van der Waals surface area contributed by atoms with Crippen LogP contribution in [0.1, 0.15) is 17.2 Å². The first kappa shape index (κ1) is 12.0. The van der Waals surface area contributed by atoms with E-state index >= 15 is 0 Å². The van der Waals surface area contributed by atoms with Gasteiger partial charge in [-0.05, 0) is 28.8 Å². The van der Waals surface area contributed by atoms with Crippen LogP contribution in [0.2, 0.25) is 0 Å². The summed E-state index contributed by atoms with van der Waals surface area (Å²) in [7, 11) is 1.62. The van der Waals surface area contributed by atoms with E-state index in [1.807, 2.05) is 54.6 Å². The van der Waals surface area contributed by atoms with Crippen LogP contribution in [0.5, 0.6) is 5.75 Å². The molecule has 90 valence electrons. The van der Waals surface area contributed by atoms with Crippen molar-refractivity contribution in [2.45, 2.75) is 6.04 Å². The summed E-state index contributed by atoms with van der Waals surface area (Å²) in [5.74, 6) is 0.751. The van der Waals surface area contributed by atoms with Gasteiger partial charge >= 0.3 is 0 Å². The largest absolute Gasteiger partial charge is 0.497 e. The van der Waals surface area contributed by atoms with Crippen molar-refractivity contribution in [1.82, 2.24) is 0 Å². The average Bonchev–Trinajstić information content (AvgIpc) is 2.46. The van der Waals surface area contributed by atoms with Gasteiger partial charge in [-0.1, -0.05) is 47.6 Å². The lowest BCUT2D eigenvalue weighted by atomic mass is 9.99. The van der Waals surface area contributed by atoms with Gasteiger partial charge in [0.25, 0.3) is 0 Å². The molecule has 0 saturated heterocycles. The van der Waals surface area contributed by atoms with Crippen LogP contribution in [0, 0.1) is 0 Å². The number of rotatable bonds is 4. The molecule has 1 unspecified atom stereocenters. The number of nitrogens with zero attached hydrogens (tertiary/aromatic N) is 3. The Morgan fingerprint density at radius 3 is 2.44 bits per heavy atom. The maximum absolute atomic E-state index is 8.71. The molecule has 0 heterocycles. The van der Waals surface area contributed by atoms with Gasteiger partial charge in [-0.2, -0.15) is 0 Å². The summed E-state index contributed by atoms with van der Waals surface area (Å²) in [5.41, 5.74) is 10.6. The Labute approximate surface area is 105 Å². The molecule has 0 saturated carbocycles. The van der Waals surface area contributed by atoms with Crippen molar-refractivity contribution in [2.24, 2.45) is 5.11 Å². The Morgan fingerprint density at radius 2 is 1.78 bits per heavy atom. The van der Waals surface area contributed by atoms with Crippen molar-refractivity contribution in [3.8, 4) is 5.75 Å². The van der Waals surface area contributed by atoms with Gasteiger partial charge in [0.05, 0.1) is 13.2 Å². The predicted molar refractivity (Wildman–Crippen MR) is 70.4 cm³/mol. The Kier molecular flexibility index (Phi) is 3.84. The highest BCUT2D eigenvalue weighted by Gasteiger charge is 2.12. The Balaban J connectivity index is 2.44. The molecule has 0 bridgehead atoms. The average molecular weight is 239 g/mol. The molecule has 0 spiro atoms. The lowest BCUT2D eigenvalue weighted by Crippen LogP contribution is -1.97. The van der Waals surface area contributed by atoms with Crippen LogP contribution < -0.4 is 4.74 Å². The molecule has 0 N–H and O–H groups in total. The van der Waals surface area contributed by atoms with E-state index in [9.17, 15) is 0 Å². The van der Waals surface area contributed by atoms with Crippen LogP contribution in [-0.2, 0) is 0 Å². The minimum atomic E-state index is -0.328. The van der Waals surface area contributed by atoms with Crippen LogP contribution in [0.15, 0.2) is 59.7 Å². The van der Waals surface area contributed by atoms with Crippen molar-refractivity contribution < 1.29 is 4.74 Å². The first-order valence-electron chi connectivity index (χ1n) is 5.58. The number of benzene rings is 2. The Bertz CT molecular complexity index is 562. The van der Waals surface area contributed by atoms with Crippen LogP contribution >= 0.6 is 0 Å². The molecule has 18 heavy (non-hydrogen) atoms.